The van der Waals surface area contributed by atoms with Gasteiger partial charge in [0.2, 0.25) is 0 Å². The maximum atomic E-state index is 11.2. The molecule has 1 aromatic carbocycles. The highest BCUT2D eigenvalue weighted by molar-refractivity contribution is 6.67. The molecule has 0 aliphatic carbocycles. The van der Waals surface area contributed by atoms with Gasteiger partial charge in [-0.15, -0.1) is 0 Å². The fourth-order valence-corrected chi connectivity index (χ4v) is 1.56. The van der Waals surface area contributed by atoms with E-state index in [0.29, 0.717) is 0 Å². The fraction of sp³-hybridized carbons (Fsp3) is 0.333. The van der Waals surface area contributed by atoms with Gasteiger partial charge in [-0.2, -0.15) is 0 Å². The minimum atomic E-state index is -1.18. The Balaban J connectivity index is 3.43. The van der Waals surface area contributed by atoms with E-state index in [2.05, 4.69) is 0 Å². The Kier molecular flexibility index (Phi) is 4.97. The predicted molar refractivity (Wildman–Crippen MR) is 65.9 cm³/mol. The summed E-state index contributed by atoms with van der Waals surface area (Å²) in [7, 11) is 0. The van der Waals surface area contributed by atoms with Crippen LogP contribution < -0.4 is 9.47 Å². The van der Waals surface area contributed by atoms with Gasteiger partial charge in [0.15, 0.2) is 0 Å². The van der Waals surface area contributed by atoms with Crippen LogP contribution in [0.3, 0.4) is 0 Å². The number of halogens is 1. The van der Waals surface area contributed by atoms with Crippen LogP contribution in [0.15, 0.2) is 12.1 Å². The summed E-state index contributed by atoms with van der Waals surface area (Å²) in [6.45, 7) is 3.96. The molecule has 0 aliphatic rings. The van der Waals surface area contributed by atoms with E-state index >= 15 is 0 Å². The van der Waals surface area contributed by atoms with Gasteiger partial charge < -0.3 is 14.6 Å². The zero-order valence-electron chi connectivity index (χ0n) is 10.0. The second-order valence-corrected chi connectivity index (χ2v) is 3.64. The largest absolute Gasteiger partial charge is 0.493 e. The second-order valence-electron chi connectivity index (χ2n) is 3.29. The maximum Gasteiger partial charge on any atom is 0.343 e. The number of carboxylic acid groups (broad SMARTS) is 1. The summed E-state index contributed by atoms with van der Waals surface area (Å²) in [6.07, 6.45) is 0. The molecule has 98 valence electrons. The summed E-state index contributed by atoms with van der Waals surface area (Å²) < 4.78 is 10.4. The van der Waals surface area contributed by atoms with Crippen molar-refractivity contribution in [2.45, 2.75) is 13.8 Å². The lowest BCUT2D eigenvalue weighted by Crippen LogP contribution is -2.08. The van der Waals surface area contributed by atoms with Crippen molar-refractivity contribution in [2.75, 3.05) is 13.2 Å². The molecule has 0 bridgehead atoms. The number of carboxylic acids is 1. The normalized spacial score (nSPS) is 9.94. The molecular weight excluding hydrogens is 260 g/mol. The molecule has 0 aliphatic heterocycles. The smallest absolute Gasteiger partial charge is 0.343 e. The van der Waals surface area contributed by atoms with Gasteiger partial charge in [-0.05, 0) is 37.6 Å². The Labute approximate surface area is 109 Å². The quantitative estimate of drug-likeness (QED) is 0.806. The van der Waals surface area contributed by atoms with Crippen LogP contribution in [0.2, 0.25) is 0 Å². The molecule has 0 fully saturated rings. The number of carbonyl (C=O) groups is 2. The minimum absolute atomic E-state index is 0.0694. The van der Waals surface area contributed by atoms with Crippen LogP contribution in [-0.4, -0.2) is 29.5 Å². The van der Waals surface area contributed by atoms with Crippen LogP contribution in [0.25, 0.3) is 0 Å². The lowest BCUT2D eigenvalue weighted by Gasteiger charge is -2.13. The average Bonchev–Trinajstić information content (AvgIpc) is 2.28. The highest BCUT2D eigenvalue weighted by Gasteiger charge is 2.21. The van der Waals surface area contributed by atoms with Crippen molar-refractivity contribution in [3.63, 3.8) is 0 Å². The first-order valence-corrected chi connectivity index (χ1v) is 5.75. The van der Waals surface area contributed by atoms with E-state index in [1.165, 1.54) is 12.1 Å². The van der Waals surface area contributed by atoms with Gasteiger partial charge in [-0.1, -0.05) is 0 Å². The molecule has 0 heterocycles. The van der Waals surface area contributed by atoms with Crippen LogP contribution in [-0.2, 0) is 0 Å². The summed E-state index contributed by atoms with van der Waals surface area (Å²) in [5.74, 6) is -1.05. The first-order valence-electron chi connectivity index (χ1n) is 5.38. The van der Waals surface area contributed by atoms with Crippen molar-refractivity contribution in [1.82, 2.24) is 0 Å². The van der Waals surface area contributed by atoms with Gasteiger partial charge in [0.05, 0.1) is 13.2 Å². The Bertz CT molecular complexity index is 443. The number of rotatable bonds is 6. The standard InChI is InChI=1S/C12H13ClO5/c1-3-17-8-5-7(11(13)14)6-9(18-4-2)10(8)12(15)16/h5-6H,3-4H2,1-2H3,(H,15,16). The molecule has 1 N–H and O–H groups in total. The van der Waals surface area contributed by atoms with E-state index in [9.17, 15) is 9.59 Å². The van der Waals surface area contributed by atoms with E-state index in [1.807, 2.05) is 0 Å². The molecule has 0 saturated carbocycles. The highest BCUT2D eigenvalue weighted by atomic mass is 35.5. The zero-order chi connectivity index (χ0) is 13.7. The molecule has 1 rings (SSSR count). The second kappa shape index (κ2) is 6.26. The third-order valence-corrected chi connectivity index (χ3v) is 2.32. The zero-order valence-corrected chi connectivity index (χ0v) is 10.8. The number of aromatic carboxylic acids is 1. The van der Waals surface area contributed by atoms with Crippen LogP contribution in [0, 0.1) is 0 Å². The monoisotopic (exact) mass is 272 g/mol. The van der Waals surface area contributed by atoms with E-state index in [4.69, 9.17) is 26.2 Å². The van der Waals surface area contributed by atoms with Crippen molar-refractivity contribution in [3.8, 4) is 11.5 Å². The molecule has 0 atom stereocenters. The average molecular weight is 273 g/mol. The molecule has 5 nitrogen and oxygen atoms in total. The summed E-state index contributed by atoms with van der Waals surface area (Å²) >= 11 is 5.38. The Morgan fingerprint density at radius 1 is 1.17 bits per heavy atom. The lowest BCUT2D eigenvalue weighted by molar-refractivity contribution is 0.0687. The van der Waals surface area contributed by atoms with E-state index in [1.54, 1.807) is 13.8 Å². The molecule has 18 heavy (non-hydrogen) atoms. The van der Waals surface area contributed by atoms with Gasteiger partial charge in [0.1, 0.15) is 17.1 Å². The first-order chi connectivity index (χ1) is 8.51. The van der Waals surface area contributed by atoms with Crippen molar-refractivity contribution in [1.29, 1.82) is 0 Å². The SMILES string of the molecule is CCOc1cc(C(=O)Cl)cc(OCC)c1C(=O)O. The van der Waals surface area contributed by atoms with Gasteiger partial charge in [0.25, 0.3) is 5.24 Å². The molecule has 0 aromatic heterocycles. The van der Waals surface area contributed by atoms with E-state index < -0.39 is 11.2 Å². The maximum absolute atomic E-state index is 11.2. The number of benzene rings is 1. The molecule has 1 aromatic rings. The van der Waals surface area contributed by atoms with Gasteiger partial charge in [-0.3, -0.25) is 4.79 Å². The van der Waals surface area contributed by atoms with E-state index in [0.717, 1.165) is 0 Å². The molecule has 0 radical (unpaired) electrons. The summed E-state index contributed by atoms with van der Waals surface area (Å²) in [5, 5.41) is 8.45. The predicted octanol–water partition coefficient (Wildman–Crippen LogP) is 2.56. The number of hydrogen-bond acceptors (Lipinski definition) is 4. The van der Waals surface area contributed by atoms with Gasteiger partial charge in [-0.25, -0.2) is 4.79 Å². The molecule has 0 amide bonds. The van der Waals surface area contributed by atoms with Crippen molar-refractivity contribution >= 4 is 22.8 Å². The molecular formula is C12H13ClO5. The number of ether oxygens (including phenoxy) is 2. The van der Waals surface area contributed by atoms with Crippen molar-refractivity contribution < 1.29 is 24.2 Å². The number of hydrogen-bond donors (Lipinski definition) is 1. The van der Waals surface area contributed by atoms with Crippen LogP contribution in [0.4, 0.5) is 0 Å². The summed E-state index contributed by atoms with van der Waals surface area (Å²) in [4.78, 5) is 22.3. The molecule has 0 spiro atoms. The lowest BCUT2D eigenvalue weighted by atomic mass is 10.1. The van der Waals surface area contributed by atoms with Crippen molar-refractivity contribution in [2.24, 2.45) is 0 Å². The Hall–Kier alpha value is -1.75. The fourth-order valence-electron chi connectivity index (χ4n) is 1.45. The first kappa shape index (κ1) is 14.3. The Morgan fingerprint density at radius 3 is 1.89 bits per heavy atom. The van der Waals surface area contributed by atoms with Crippen LogP contribution in [0.5, 0.6) is 11.5 Å². The minimum Gasteiger partial charge on any atom is -0.493 e. The topological polar surface area (TPSA) is 72.8 Å². The van der Waals surface area contributed by atoms with Gasteiger partial charge in [0, 0.05) is 5.56 Å². The number of carbonyl (C=O) groups excluding carboxylic acids is 1. The summed E-state index contributed by atoms with van der Waals surface area (Å²) in [6, 6.07) is 2.59. The van der Waals surface area contributed by atoms with E-state index in [-0.39, 0.29) is 35.8 Å². The highest BCUT2D eigenvalue weighted by Crippen LogP contribution is 2.31. The summed E-state index contributed by atoms with van der Waals surface area (Å²) in [5.41, 5.74) is 0.0222. The third-order valence-electron chi connectivity index (χ3n) is 2.11. The Morgan fingerprint density at radius 2 is 1.61 bits per heavy atom. The third kappa shape index (κ3) is 3.13. The van der Waals surface area contributed by atoms with Gasteiger partial charge >= 0.3 is 5.97 Å². The molecule has 0 unspecified atom stereocenters. The van der Waals surface area contributed by atoms with Crippen LogP contribution >= 0.6 is 11.6 Å². The van der Waals surface area contributed by atoms with Crippen molar-refractivity contribution in [3.05, 3.63) is 23.3 Å². The van der Waals surface area contributed by atoms with Crippen LogP contribution in [0.1, 0.15) is 34.6 Å². The molecule has 0 saturated heterocycles. The molecule has 6 heteroatoms.